The van der Waals surface area contributed by atoms with E-state index in [2.05, 4.69) is 5.32 Å². The van der Waals surface area contributed by atoms with E-state index in [1.807, 2.05) is 17.5 Å². The van der Waals surface area contributed by atoms with Gasteiger partial charge in [-0.1, -0.05) is 25.0 Å². The van der Waals surface area contributed by atoms with Crippen LogP contribution in [0.2, 0.25) is 0 Å². The lowest BCUT2D eigenvalue weighted by molar-refractivity contribution is -0.384. The molecule has 0 spiro atoms. The van der Waals surface area contributed by atoms with Crippen LogP contribution in [0.3, 0.4) is 0 Å². The van der Waals surface area contributed by atoms with Gasteiger partial charge in [0, 0.05) is 10.9 Å². The van der Waals surface area contributed by atoms with Crippen molar-refractivity contribution in [2.75, 3.05) is 5.32 Å². The second-order valence-electron chi connectivity index (χ2n) is 6.00. The average Bonchev–Trinajstić information content (AvgIpc) is 3.20. The molecule has 5 nitrogen and oxygen atoms in total. The van der Waals surface area contributed by atoms with E-state index >= 15 is 0 Å². The summed E-state index contributed by atoms with van der Waals surface area (Å²) in [5.74, 6) is -0.135. The molecule has 1 saturated carbocycles. The summed E-state index contributed by atoms with van der Waals surface area (Å²) in [7, 11) is 0. The summed E-state index contributed by atoms with van der Waals surface area (Å²) >= 11 is 1.58. The summed E-state index contributed by atoms with van der Waals surface area (Å²) in [6.07, 6.45) is 3.58. The van der Waals surface area contributed by atoms with E-state index in [1.54, 1.807) is 30.4 Å². The van der Waals surface area contributed by atoms with E-state index in [4.69, 9.17) is 0 Å². The van der Waals surface area contributed by atoms with Crippen LogP contribution in [0, 0.1) is 17.0 Å². The highest BCUT2D eigenvalue weighted by Gasteiger charge is 2.44. The maximum absolute atomic E-state index is 13.0. The quantitative estimate of drug-likeness (QED) is 0.666. The fourth-order valence-electron chi connectivity index (χ4n) is 3.26. The first-order valence-electron chi connectivity index (χ1n) is 7.63. The van der Waals surface area contributed by atoms with Crippen molar-refractivity contribution in [3.05, 3.63) is 56.3 Å². The average molecular weight is 330 g/mol. The van der Waals surface area contributed by atoms with Crippen LogP contribution >= 0.6 is 11.3 Å². The number of anilines is 1. The first kappa shape index (κ1) is 15.7. The van der Waals surface area contributed by atoms with Crippen molar-refractivity contribution in [2.45, 2.75) is 38.0 Å². The van der Waals surface area contributed by atoms with Crippen LogP contribution in [-0.4, -0.2) is 10.8 Å². The van der Waals surface area contributed by atoms with Crippen LogP contribution in [0.15, 0.2) is 35.7 Å². The van der Waals surface area contributed by atoms with E-state index in [9.17, 15) is 14.9 Å². The topological polar surface area (TPSA) is 72.2 Å². The van der Waals surface area contributed by atoms with Gasteiger partial charge < -0.3 is 5.32 Å². The van der Waals surface area contributed by atoms with Crippen LogP contribution in [0.1, 0.15) is 36.1 Å². The molecule has 6 heteroatoms. The van der Waals surface area contributed by atoms with Crippen LogP contribution in [0.4, 0.5) is 11.4 Å². The molecule has 120 valence electrons. The fourth-order valence-corrected chi connectivity index (χ4v) is 4.24. The van der Waals surface area contributed by atoms with Crippen molar-refractivity contribution in [1.29, 1.82) is 0 Å². The number of hydrogen-bond acceptors (Lipinski definition) is 4. The van der Waals surface area contributed by atoms with Gasteiger partial charge in [0.05, 0.1) is 10.3 Å². The summed E-state index contributed by atoms with van der Waals surface area (Å²) in [6.45, 7) is 1.79. The minimum Gasteiger partial charge on any atom is -0.320 e. The molecule has 1 aromatic carbocycles. The number of nitrogens with zero attached hydrogens (tertiary/aromatic N) is 1. The van der Waals surface area contributed by atoms with Gasteiger partial charge in [-0.15, -0.1) is 11.3 Å². The van der Waals surface area contributed by atoms with E-state index < -0.39 is 10.3 Å². The summed E-state index contributed by atoms with van der Waals surface area (Å²) in [6, 6.07) is 8.81. The SMILES string of the molecule is Cc1ccc(NC(=O)C2(c3cccs3)CCCC2)c([N+](=O)[O-])c1. The van der Waals surface area contributed by atoms with E-state index in [0.717, 1.165) is 36.1 Å². The number of amides is 1. The Morgan fingerprint density at radius 3 is 2.65 bits per heavy atom. The Hall–Kier alpha value is -2.21. The van der Waals surface area contributed by atoms with Crippen molar-refractivity contribution >= 4 is 28.6 Å². The molecular weight excluding hydrogens is 312 g/mol. The Bertz CT molecular complexity index is 734. The van der Waals surface area contributed by atoms with Crippen LogP contribution in [0.25, 0.3) is 0 Å². The van der Waals surface area contributed by atoms with Gasteiger partial charge in [-0.2, -0.15) is 0 Å². The highest BCUT2D eigenvalue weighted by molar-refractivity contribution is 7.10. The largest absolute Gasteiger partial charge is 0.320 e. The van der Waals surface area contributed by atoms with Crippen LogP contribution < -0.4 is 5.32 Å². The first-order chi connectivity index (χ1) is 11.0. The molecular formula is C17H18N2O3S. The minimum absolute atomic E-state index is 0.0577. The zero-order valence-electron chi connectivity index (χ0n) is 12.9. The van der Waals surface area contributed by atoms with E-state index in [1.165, 1.54) is 6.07 Å². The minimum atomic E-state index is -0.549. The third-order valence-corrected chi connectivity index (χ3v) is 5.56. The Balaban J connectivity index is 1.93. The third-order valence-electron chi connectivity index (χ3n) is 4.48. The molecule has 2 aromatic rings. The number of nitro groups is 1. The number of thiophene rings is 1. The molecule has 0 aliphatic heterocycles. The van der Waals surface area contributed by atoms with Gasteiger partial charge >= 0.3 is 0 Å². The second kappa shape index (κ2) is 6.12. The summed E-state index contributed by atoms with van der Waals surface area (Å²) in [5.41, 5.74) is 0.460. The van der Waals surface area contributed by atoms with Gasteiger partial charge in [0.1, 0.15) is 5.69 Å². The number of rotatable bonds is 4. The Morgan fingerprint density at radius 1 is 1.30 bits per heavy atom. The number of hydrogen-bond donors (Lipinski definition) is 1. The van der Waals surface area contributed by atoms with Crippen molar-refractivity contribution in [3.8, 4) is 0 Å². The summed E-state index contributed by atoms with van der Waals surface area (Å²) < 4.78 is 0. The van der Waals surface area contributed by atoms with Crippen molar-refractivity contribution < 1.29 is 9.72 Å². The lowest BCUT2D eigenvalue weighted by atomic mass is 9.83. The van der Waals surface area contributed by atoms with Crippen molar-refractivity contribution in [3.63, 3.8) is 0 Å². The van der Waals surface area contributed by atoms with Gasteiger partial charge in [0.25, 0.3) is 5.69 Å². The maximum atomic E-state index is 13.0. The highest BCUT2D eigenvalue weighted by Crippen LogP contribution is 2.44. The number of carbonyl (C=O) groups is 1. The Labute approximate surface area is 138 Å². The number of benzene rings is 1. The van der Waals surface area contributed by atoms with Crippen molar-refractivity contribution in [2.24, 2.45) is 0 Å². The smallest absolute Gasteiger partial charge is 0.293 e. The Kier molecular flexibility index (Phi) is 4.17. The fraction of sp³-hybridized carbons (Fsp3) is 0.353. The first-order valence-corrected chi connectivity index (χ1v) is 8.51. The molecule has 1 aromatic heterocycles. The van der Waals surface area contributed by atoms with Gasteiger partial charge in [-0.25, -0.2) is 0 Å². The molecule has 1 aliphatic rings. The lowest BCUT2D eigenvalue weighted by Gasteiger charge is -2.26. The predicted octanol–water partition coefficient (Wildman–Crippen LogP) is 4.42. The van der Waals surface area contributed by atoms with Crippen LogP contribution in [-0.2, 0) is 10.2 Å². The van der Waals surface area contributed by atoms with Gasteiger partial charge in [0.15, 0.2) is 0 Å². The molecule has 0 saturated heterocycles. The molecule has 1 N–H and O–H groups in total. The monoisotopic (exact) mass is 330 g/mol. The van der Waals surface area contributed by atoms with Crippen LogP contribution in [0.5, 0.6) is 0 Å². The summed E-state index contributed by atoms with van der Waals surface area (Å²) in [5, 5.41) is 16.0. The molecule has 0 bridgehead atoms. The Morgan fingerprint density at radius 2 is 2.04 bits per heavy atom. The number of nitro benzene ring substituents is 1. The number of carbonyl (C=O) groups excluding carboxylic acids is 1. The number of aryl methyl sites for hydroxylation is 1. The van der Waals surface area contributed by atoms with Crippen molar-refractivity contribution in [1.82, 2.24) is 0 Å². The molecule has 1 aliphatic carbocycles. The second-order valence-corrected chi connectivity index (χ2v) is 6.95. The third kappa shape index (κ3) is 2.86. The molecule has 1 heterocycles. The van der Waals surface area contributed by atoms with E-state index in [-0.39, 0.29) is 17.3 Å². The molecule has 0 unspecified atom stereocenters. The normalized spacial score (nSPS) is 16.2. The maximum Gasteiger partial charge on any atom is 0.293 e. The molecule has 3 rings (SSSR count). The molecule has 23 heavy (non-hydrogen) atoms. The molecule has 0 atom stereocenters. The predicted molar refractivity (Wildman–Crippen MR) is 90.9 cm³/mol. The zero-order valence-corrected chi connectivity index (χ0v) is 13.7. The summed E-state index contributed by atoms with van der Waals surface area (Å²) in [4.78, 5) is 24.8. The molecule has 1 amide bonds. The zero-order chi connectivity index (χ0) is 16.4. The highest BCUT2D eigenvalue weighted by atomic mass is 32.1. The standard InChI is InChI=1S/C17H18N2O3S/c1-12-6-7-13(14(11-12)19(21)22)18-16(20)17(8-2-3-9-17)15-5-4-10-23-15/h4-7,10-11H,2-3,8-9H2,1H3,(H,18,20). The van der Waals surface area contributed by atoms with Gasteiger partial charge in [-0.05, 0) is 42.8 Å². The van der Waals surface area contributed by atoms with Gasteiger partial charge in [0.2, 0.25) is 5.91 Å². The molecule has 1 fully saturated rings. The van der Waals surface area contributed by atoms with E-state index in [0.29, 0.717) is 0 Å². The number of nitrogens with one attached hydrogen (secondary N) is 1. The molecule has 0 radical (unpaired) electrons. The van der Waals surface area contributed by atoms with Gasteiger partial charge in [-0.3, -0.25) is 14.9 Å². The lowest BCUT2D eigenvalue weighted by Crippen LogP contribution is -2.37.